The highest BCUT2D eigenvalue weighted by atomic mass is 32.1. The molecule has 1 amide bonds. The third-order valence-corrected chi connectivity index (χ3v) is 4.89. The van der Waals surface area contributed by atoms with Crippen LogP contribution in [0.25, 0.3) is 11.3 Å². The van der Waals surface area contributed by atoms with Crippen LogP contribution >= 0.6 is 11.3 Å². The van der Waals surface area contributed by atoms with E-state index in [0.717, 1.165) is 10.4 Å². The molecule has 9 heteroatoms. The largest absolute Gasteiger partial charge is 0.454 e. The predicted octanol–water partition coefficient (Wildman–Crippen LogP) is 4.70. The molecule has 0 radical (unpaired) electrons. The van der Waals surface area contributed by atoms with E-state index in [1.165, 1.54) is 23.5 Å². The topological polar surface area (TPSA) is 69.7 Å². The summed E-state index contributed by atoms with van der Waals surface area (Å²) in [6.07, 6.45) is 0. The number of hydrogen-bond donors (Lipinski definition) is 1. The number of aromatic nitrogens is 1. The molecular formula is C19H14F2N2O4S. The van der Waals surface area contributed by atoms with Crippen LogP contribution in [0.3, 0.4) is 0 Å². The maximum atomic E-state index is 12.5. The lowest BCUT2D eigenvalue weighted by atomic mass is 10.1. The Labute approximate surface area is 162 Å². The summed E-state index contributed by atoms with van der Waals surface area (Å²) >= 11 is 1.32. The van der Waals surface area contributed by atoms with E-state index < -0.39 is 6.61 Å². The van der Waals surface area contributed by atoms with Gasteiger partial charge in [-0.15, -0.1) is 11.3 Å². The van der Waals surface area contributed by atoms with E-state index in [-0.39, 0.29) is 18.4 Å². The molecule has 0 fully saturated rings. The highest BCUT2D eigenvalue weighted by Crippen LogP contribution is 2.34. The number of ether oxygens (including phenoxy) is 3. The van der Waals surface area contributed by atoms with Crippen molar-refractivity contribution in [3.8, 4) is 28.5 Å². The molecule has 28 heavy (non-hydrogen) atoms. The van der Waals surface area contributed by atoms with Gasteiger partial charge in [0, 0.05) is 16.0 Å². The fourth-order valence-electron chi connectivity index (χ4n) is 2.72. The van der Waals surface area contributed by atoms with Crippen LogP contribution in [0.15, 0.2) is 42.5 Å². The second-order valence-electron chi connectivity index (χ2n) is 5.85. The van der Waals surface area contributed by atoms with Gasteiger partial charge in [-0.1, -0.05) is 0 Å². The van der Waals surface area contributed by atoms with Crippen LogP contribution in [0, 0.1) is 6.92 Å². The zero-order chi connectivity index (χ0) is 19.7. The van der Waals surface area contributed by atoms with Gasteiger partial charge >= 0.3 is 6.61 Å². The van der Waals surface area contributed by atoms with Gasteiger partial charge in [-0.2, -0.15) is 8.78 Å². The van der Waals surface area contributed by atoms with Crippen molar-refractivity contribution >= 4 is 22.4 Å². The molecule has 0 atom stereocenters. The normalized spacial score (nSPS) is 12.3. The Morgan fingerprint density at radius 1 is 1.18 bits per heavy atom. The molecule has 1 aromatic heterocycles. The Hall–Kier alpha value is -3.20. The molecule has 144 valence electrons. The lowest BCUT2D eigenvalue weighted by Crippen LogP contribution is -2.11. The van der Waals surface area contributed by atoms with Crippen molar-refractivity contribution in [2.75, 3.05) is 12.1 Å². The number of carbonyl (C=O) groups is 1. The minimum absolute atomic E-state index is 0.0722. The summed E-state index contributed by atoms with van der Waals surface area (Å²) in [5.41, 5.74) is 1.82. The van der Waals surface area contributed by atoms with Crippen LogP contribution in [0.5, 0.6) is 17.2 Å². The quantitative estimate of drug-likeness (QED) is 0.668. The molecule has 6 nitrogen and oxygen atoms in total. The average molecular weight is 404 g/mol. The number of thiazole rings is 1. The second-order valence-corrected chi connectivity index (χ2v) is 7.05. The van der Waals surface area contributed by atoms with Crippen LogP contribution in [-0.2, 0) is 0 Å². The van der Waals surface area contributed by atoms with Crippen molar-refractivity contribution in [1.29, 1.82) is 0 Å². The van der Waals surface area contributed by atoms with Gasteiger partial charge in [-0.3, -0.25) is 10.1 Å². The van der Waals surface area contributed by atoms with Crippen molar-refractivity contribution in [3.63, 3.8) is 0 Å². The smallest absolute Gasteiger partial charge is 0.387 e. The Balaban J connectivity index is 1.50. The van der Waals surface area contributed by atoms with Gasteiger partial charge in [-0.25, -0.2) is 4.98 Å². The number of fused-ring (bicyclic) bond motifs is 1. The van der Waals surface area contributed by atoms with Gasteiger partial charge in [0.1, 0.15) is 5.75 Å². The summed E-state index contributed by atoms with van der Waals surface area (Å²) in [6, 6.07) is 11.1. The maximum Gasteiger partial charge on any atom is 0.387 e. The first-order valence-electron chi connectivity index (χ1n) is 8.23. The van der Waals surface area contributed by atoms with Gasteiger partial charge in [0.25, 0.3) is 5.91 Å². The molecular weight excluding hydrogens is 390 g/mol. The average Bonchev–Trinajstić information content (AvgIpc) is 3.27. The van der Waals surface area contributed by atoms with Crippen molar-refractivity contribution in [2.24, 2.45) is 0 Å². The molecule has 0 spiro atoms. The van der Waals surface area contributed by atoms with Crippen LogP contribution < -0.4 is 19.5 Å². The number of amides is 1. The van der Waals surface area contributed by atoms with Gasteiger partial charge in [0.15, 0.2) is 16.6 Å². The van der Waals surface area contributed by atoms with Gasteiger partial charge in [0.05, 0.1) is 5.69 Å². The highest BCUT2D eigenvalue weighted by Gasteiger charge is 2.18. The molecule has 0 unspecified atom stereocenters. The number of nitrogens with zero attached hydrogens (tertiary/aromatic N) is 1. The van der Waals surface area contributed by atoms with Crippen molar-refractivity contribution in [1.82, 2.24) is 4.98 Å². The number of halogens is 2. The SMILES string of the molecule is Cc1sc(NC(=O)c2ccc3c(c2)OCO3)nc1-c1ccc(OC(F)F)cc1. The maximum absolute atomic E-state index is 12.5. The summed E-state index contributed by atoms with van der Waals surface area (Å²) in [5.74, 6) is 0.875. The first-order chi connectivity index (χ1) is 13.5. The molecule has 1 aliphatic rings. The van der Waals surface area contributed by atoms with Crippen LogP contribution in [-0.4, -0.2) is 24.3 Å². The molecule has 0 saturated heterocycles. The number of benzene rings is 2. The zero-order valence-electron chi connectivity index (χ0n) is 14.6. The van der Waals surface area contributed by atoms with E-state index in [0.29, 0.717) is 27.9 Å². The van der Waals surface area contributed by atoms with Crippen LogP contribution in [0.1, 0.15) is 15.2 Å². The van der Waals surface area contributed by atoms with E-state index in [2.05, 4.69) is 15.0 Å². The molecule has 0 bridgehead atoms. The van der Waals surface area contributed by atoms with Crippen LogP contribution in [0.2, 0.25) is 0 Å². The molecule has 4 rings (SSSR count). The van der Waals surface area contributed by atoms with Crippen molar-refractivity contribution in [2.45, 2.75) is 13.5 Å². The van der Waals surface area contributed by atoms with E-state index in [1.807, 2.05) is 6.92 Å². The molecule has 3 aromatic rings. The fraction of sp³-hybridized carbons (Fsp3) is 0.158. The minimum Gasteiger partial charge on any atom is -0.454 e. The van der Waals surface area contributed by atoms with E-state index in [4.69, 9.17) is 9.47 Å². The molecule has 2 heterocycles. The first-order valence-corrected chi connectivity index (χ1v) is 9.05. The number of carbonyl (C=O) groups excluding carboxylic acids is 1. The Morgan fingerprint density at radius 2 is 1.93 bits per heavy atom. The van der Waals surface area contributed by atoms with Gasteiger partial charge in [0.2, 0.25) is 6.79 Å². The number of aryl methyl sites for hydroxylation is 1. The molecule has 0 aliphatic carbocycles. The van der Waals surface area contributed by atoms with E-state index >= 15 is 0 Å². The summed E-state index contributed by atoms with van der Waals surface area (Å²) in [4.78, 5) is 17.8. The van der Waals surface area contributed by atoms with Crippen molar-refractivity contribution < 1.29 is 27.8 Å². The first kappa shape index (κ1) is 18.2. The number of hydrogen-bond acceptors (Lipinski definition) is 6. The summed E-state index contributed by atoms with van der Waals surface area (Å²) in [6.45, 7) is -0.867. The third kappa shape index (κ3) is 3.74. The standard InChI is InChI=1S/C19H14F2N2O4S/c1-10-16(11-2-5-13(6-3-11)27-18(20)21)22-19(28-10)23-17(24)12-4-7-14-15(8-12)26-9-25-14/h2-8,18H,9H2,1H3,(H,22,23,24). The predicted molar refractivity (Wildman–Crippen MR) is 99.4 cm³/mol. The number of anilines is 1. The zero-order valence-corrected chi connectivity index (χ0v) is 15.4. The minimum atomic E-state index is -2.87. The van der Waals surface area contributed by atoms with Gasteiger partial charge in [-0.05, 0) is 49.4 Å². The van der Waals surface area contributed by atoms with Crippen LogP contribution in [0.4, 0.5) is 13.9 Å². The molecule has 2 aromatic carbocycles. The van der Waals surface area contributed by atoms with Gasteiger partial charge < -0.3 is 14.2 Å². The molecule has 1 aliphatic heterocycles. The van der Waals surface area contributed by atoms with E-state index in [9.17, 15) is 13.6 Å². The highest BCUT2D eigenvalue weighted by molar-refractivity contribution is 7.16. The number of rotatable bonds is 5. The van der Waals surface area contributed by atoms with Crippen molar-refractivity contribution in [3.05, 3.63) is 52.9 Å². The lowest BCUT2D eigenvalue weighted by molar-refractivity contribution is -0.0498. The summed E-state index contributed by atoms with van der Waals surface area (Å²) < 4.78 is 39.4. The third-order valence-electron chi connectivity index (χ3n) is 4.00. The number of nitrogens with one attached hydrogen (secondary N) is 1. The summed E-state index contributed by atoms with van der Waals surface area (Å²) in [7, 11) is 0. The monoisotopic (exact) mass is 404 g/mol. The summed E-state index contributed by atoms with van der Waals surface area (Å²) in [5, 5.41) is 3.20. The Kier molecular flexibility index (Phi) is 4.82. The number of alkyl halides is 2. The van der Waals surface area contributed by atoms with E-state index in [1.54, 1.807) is 30.3 Å². The lowest BCUT2D eigenvalue weighted by Gasteiger charge is -2.05. The second kappa shape index (κ2) is 7.43. The molecule has 1 N–H and O–H groups in total. The Bertz CT molecular complexity index is 1020. The fourth-order valence-corrected chi connectivity index (χ4v) is 3.55. The molecule has 0 saturated carbocycles. The Morgan fingerprint density at radius 3 is 2.68 bits per heavy atom.